The summed E-state index contributed by atoms with van der Waals surface area (Å²) >= 11 is 0. The van der Waals surface area contributed by atoms with Crippen LogP contribution in [-0.2, 0) is 10.0 Å². The van der Waals surface area contributed by atoms with Crippen LogP contribution in [0.25, 0.3) is 0 Å². The van der Waals surface area contributed by atoms with E-state index in [0.717, 1.165) is 38.8 Å². The van der Waals surface area contributed by atoms with Crippen LogP contribution in [0.5, 0.6) is 0 Å². The molecule has 1 heterocycles. The van der Waals surface area contributed by atoms with Crippen molar-refractivity contribution in [3.63, 3.8) is 0 Å². The second kappa shape index (κ2) is 5.88. The molecule has 1 saturated carbocycles. The summed E-state index contributed by atoms with van der Waals surface area (Å²) in [7, 11) is -3.07. The molecule has 2 N–H and O–H groups in total. The zero-order chi connectivity index (χ0) is 13.1. The quantitative estimate of drug-likeness (QED) is 0.739. The van der Waals surface area contributed by atoms with Crippen molar-refractivity contribution in [2.75, 3.05) is 25.4 Å². The summed E-state index contributed by atoms with van der Waals surface area (Å²) in [5.74, 6) is 0.654. The standard InChI is InChI=1S/C13H26N2O2S/c1-2-5-13(6-7-13)11-15-18(16,17)10-12-3-8-14-9-4-12/h12,14-15H,2-11H2,1H3. The van der Waals surface area contributed by atoms with Crippen molar-refractivity contribution in [3.8, 4) is 0 Å². The minimum absolute atomic E-state index is 0.302. The van der Waals surface area contributed by atoms with Gasteiger partial charge >= 0.3 is 0 Å². The molecule has 5 heteroatoms. The Kier molecular flexibility index (Phi) is 4.67. The third kappa shape index (κ3) is 4.21. The number of piperidine rings is 1. The fourth-order valence-corrected chi connectivity index (χ4v) is 4.50. The summed E-state index contributed by atoms with van der Waals surface area (Å²) in [5, 5.41) is 3.27. The van der Waals surface area contributed by atoms with Crippen LogP contribution in [0.15, 0.2) is 0 Å². The van der Waals surface area contributed by atoms with E-state index in [0.29, 0.717) is 23.6 Å². The van der Waals surface area contributed by atoms with Crippen molar-refractivity contribution < 1.29 is 8.42 Å². The van der Waals surface area contributed by atoms with Gasteiger partial charge in [-0.05, 0) is 56.5 Å². The van der Waals surface area contributed by atoms with Crippen LogP contribution in [0.4, 0.5) is 0 Å². The molecule has 0 aromatic heterocycles. The summed E-state index contributed by atoms with van der Waals surface area (Å²) in [5.41, 5.74) is 0.302. The second-order valence-electron chi connectivity index (χ2n) is 6.05. The van der Waals surface area contributed by atoms with E-state index in [1.165, 1.54) is 12.8 Å². The summed E-state index contributed by atoms with van der Waals surface area (Å²) < 4.78 is 26.9. The first kappa shape index (κ1) is 14.3. The Morgan fingerprint density at radius 1 is 1.28 bits per heavy atom. The lowest BCUT2D eigenvalue weighted by Crippen LogP contribution is -2.37. The van der Waals surface area contributed by atoms with Crippen LogP contribution in [0.2, 0.25) is 0 Å². The Bertz CT molecular complexity index is 357. The third-order valence-electron chi connectivity index (χ3n) is 4.32. The lowest BCUT2D eigenvalue weighted by Gasteiger charge is -2.23. The van der Waals surface area contributed by atoms with Gasteiger partial charge in [0.1, 0.15) is 0 Å². The van der Waals surface area contributed by atoms with Gasteiger partial charge in [0.25, 0.3) is 0 Å². The highest BCUT2D eigenvalue weighted by molar-refractivity contribution is 7.89. The van der Waals surface area contributed by atoms with Crippen molar-refractivity contribution in [1.29, 1.82) is 0 Å². The van der Waals surface area contributed by atoms with Crippen LogP contribution < -0.4 is 10.0 Å². The molecule has 2 fully saturated rings. The summed E-state index contributed by atoms with van der Waals surface area (Å²) in [6.07, 6.45) is 6.66. The van der Waals surface area contributed by atoms with Gasteiger partial charge in [0.05, 0.1) is 5.75 Å². The Morgan fingerprint density at radius 2 is 1.94 bits per heavy atom. The van der Waals surface area contributed by atoms with E-state index in [1.54, 1.807) is 0 Å². The van der Waals surface area contributed by atoms with E-state index in [-0.39, 0.29) is 0 Å². The Balaban J connectivity index is 1.76. The third-order valence-corrected chi connectivity index (χ3v) is 5.81. The van der Waals surface area contributed by atoms with Crippen LogP contribution in [-0.4, -0.2) is 33.8 Å². The van der Waals surface area contributed by atoms with Crippen LogP contribution in [0.3, 0.4) is 0 Å². The normalized spacial score (nSPS) is 24.1. The largest absolute Gasteiger partial charge is 0.317 e. The van der Waals surface area contributed by atoms with Gasteiger partial charge in [0.15, 0.2) is 0 Å². The highest BCUT2D eigenvalue weighted by Gasteiger charge is 2.42. The first-order chi connectivity index (χ1) is 8.55. The van der Waals surface area contributed by atoms with E-state index >= 15 is 0 Å². The number of hydrogen-bond acceptors (Lipinski definition) is 3. The molecule has 0 atom stereocenters. The predicted molar refractivity (Wildman–Crippen MR) is 74.0 cm³/mol. The van der Waals surface area contributed by atoms with Gasteiger partial charge in [-0.2, -0.15) is 0 Å². The molecule has 0 unspecified atom stereocenters. The minimum atomic E-state index is -3.07. The van der Waals surface area contributed by atoms with Crippen LogP contribution >= 0.6 is 0 Å². The van der Waals surface area contributed by atoms with E-state index in [2.05, 4.69) is 17.0 Å². The maximum atomic E-state index is 12.0. The maximum absolute atomic E-state index is 12.0. The molecule has 0 aromatic carbocycles. The number of hydrogen-bond donors (Lipinski definition) is 2. The minimum Gasteiger partial charge on any atom is -0.317 e. The van der Waals surface area contributed by atoms with Crippen molar-refractivity contribution in [1.82, 2.24) is 10.0 Å². The summed E-state index contributed by atoms with van der Waals surface area (Å²) in [4.78, 5) is 0. The lowest BCUT2D eigenvalue weighted by molar-refractivity contribution is 0.397. The van der Waals surface area contributed by atoms with Crippen molar-refractivity contribution in [2.45, 2.75) is 45.4 Å². The smallest absolute Gasteiger partial charge is 0.211 e. The Morgan fingerprint density at radius 3 is 2.50 bits per heavy atom. The van der Waals surface area contributed by atoms with E-state index in [9.17, 15) is 8.42 Å². The molecule has 18 heavy (non-hydrogen) atoms. The average Bonchev–Trinajstić information content (AvgIpc) is 3.09. The van der Waals surface area contributed by atoms with Gasteiger partial charge in [-0.25, -0.2) is 13.1 Å². The second-order valence-corrected chi connectivity index (χ2v) is 7.90. The fraction of sp³-hybridized carbons (Fsp3) is 1.00. The molecule has 1 aliphatic carbocycles. The Hall–Kier alpha value is -0.130. The molecular formula is C13H26N2O2S. The van der Waals surface area contributed by atoms with E-state index in [1.807, 2.05) is 0 Å². The first-order valence-electron chi connectivity index (χ1n) is 7.23. The molecule has 0 aromatic rings. The molecule has 0 bridgehead atoms. The van der Waals surface area contributed by atoms with Gasteiger partial charge in [-0.15, -0.1) is 0 Å². The van der Waals surface area contributed by atoms with E-state index in [4.69, 9.17) is 0 Å². The van der Waals surface area contributed by atoms with Gasteiger partial charge in [0.2, 0.25) is 10.0 Å². The summed E-state index contributed by atoms with van der Waals surface area (Å²) in [6.45, 7) is 4.75. The van der Waals surface area contributed by atoms with Gasteiger partial charge < -0.3 is 5.32 Å². The number of sulfonamides is 1. The molecule has 2 aliphatic rings. The molecular weight excluding hydrogens is 248 g/mol. The number of rotatable bonds is 7. The zero-order valence-corrected chi connectivity index (χ0v) is 12.2. The van der Waals surface area contributed by atoms with Gasteiger partial charge in [-0.3, -0.25) is 0 Å². The molecule has 4 nitrogen and oxygen atoms in total. The maximum Gasteiger partial charge on any atom is 0.211 e. The van der Waals surface area contributed by atoms with Crippen molar-refractivity contribution in [3.05, 3.63) is 0 Å². The SMILES string of the molecule is CCCC1(CNS(=O)(=O)CC2CCNCC2)CC1. The molecule has 106 valence electrons. The molecule has 0 radical (unpaired) electrons. The molecule has 1 aliphatic heterocycles. The topological polar surface area (TPSA) is 58.2 Å². The van der Waals surface area contributed by atoms with Crippen molar-refractivity contribution in [2.24, 2.45) is 11.3 Å². The highest BCUT2D eigenvalue weighted by atomic mass is 32.2. The monoisotopic (exact) mass is 274 g/mol. The number of nitrogens with one attached hydrogen (secondary N) is 2. The molecule has 1 saturated heterocycles. The van der Waals surface area contributed by atoms with Crippen molar-refractivity contribution >= 4 is 10.0 Å². The molecule has 2 rings (SSSR count). The Labute approximate surface area is 111 Å². The van der Waals surface area contributed by atoms with Crippen LogP contribution in [0, 0.1) is 11.3 Å². The fourth-order valence-electron chi connectivity index (χ4n) is 2.90. The van der Waals surface area contributed by atoms with Gasteiger partial charge in [-0.1, -0.05) is 13.3 Å². The lowest BCUT2D eigenvalue weighted by atomic mass is 10.0. The summed E-state index contributed by atoms with van der Waals surface area (Å²) in [6, 6.07) is 0. The zero-order valence-electron chi connectivity index (χ0n) is 11.4. The van der Waals surface area contributed by atoms with E-state index < -0.39 is 10.0 Å². The molecule has 0 amide bonds. The first-order valence-corrected chi connectivity index (χ1v) is 8.89. The van der Waals surface area contributed by atoms with Crippen LogP contribution in [0.1, 0.15) is 45.4 Å². The van der Waals surface area contributed by atoms with Gasteiger partial charge in [0, 0.05) is 6.54 Å². The predicted octanol–water partition coefficient (Wildman–Crippen LogP) is 1.49. The average molecular weight is 274 g/mol. The molecule has 0 spiro atoms. The highest BCUT2D eigenvalue weighted by Crippen LogP contribution is 2.49.